The summed E-state index contributed by atoms with van der Waals surface area (Å²) < 4.78 is 21.0. The first-order chi connectivity index (χ1) is 9.69. The summed E-state index contributed by atoms with van der Waals surface area (Å²) in [6, 6.07) is 1.41. The maximum absolute atomic E-state index is 10.4. The maximum Gasteiger partial charge on any atom is 0.203 e. The van der Waals surface area contributed by atoms with Crippen LogP contribution in [-0.4, -0.2) is 44.7 Å². The first kappa shape index (κ1) is 16.5. The number of rotatable bonds is 4. The first-order valence-corrected chi connectivity index (χ1v) is 7.59. The second-order valence-electron chi connectivity index (χ2n) is 4.33. The predicted octanol–water partition coefficient (Wildman–Crippen LogP) is -2.34. The lowest BCUT2D eigenvalue weighted by atomic mass is 10.1. The molecule has 118 valence electrons. The fourth-order valence-corrected chi connectivity index (χ4v) is 2.48. The normalized spacial score (nSPS) is 29.7. The van der Waals surface area contributed by atoms with Crippen LogP contribution in [0.15, 0.2) is 12.3 Å². The smallest absolute Gasteiger partial charge is 0.203 e. The summed E-state index contributed by atoms with van der Waals surface area (Å²) in [7, 11) is -5.20. The number of nitrogens with zero attached hydrogens (tertiary/aromatic N) is 2. The third kappa shape index (κ3) is 3.84. The number of aromatic nitrogens is 2. The monoisotopic (exact) mass is 337 g/mol. The standard InChI is InChI=1S/C9H14N3O7PS/c10-5-1-2-12(9(21)11-5)8-7(14)6(13)4(19-8)3-18-20(15,16)17/h1-2,4,6-8,13-14H,3H2,(H2,10,11,21)(H2,15,16,17)/p-2/t4-,6-,7-,8-/m1/s1. The van der Waals surface area contributed by atoms with Gasteiger partial charge in [-0.15, -0.1) is 0 Å². The van der Waals surface area contributed by atoms with Gasteiger partial charge in [-0.2, -0.15) is 0 Å². The molecule has 0 spiro atoms. The molecule has 1 fully saturated rings. The van der Waals surface area contributed by atoms with Crippen molar-refractivity contribution in [1.29, 1.82) is 0 Å². The van der Waals surface area contributed by atoms with Crippen LogP contribution in [0.3, 0.4) is 0 Å². The van der Waals surface area contributed by atoms with Crippen LogP contribution in [0.1, 0.15) is 6.23 Å². The summed E-state index contributed by atoms with van der Waals surface area (Å²) in [4.78, 5) is 24.6. The molecular formula is C9H12N3O7PS-2. The van der Waals surface area contributed by atoms with Crippen molar-refractivity contribution in [3.8, 4) is 0 Å². The van der Waals surface area contributed by atoms with Gasteiger partial charge < -0.3 is 39.6 Å². The average Bonchev–Trinajstić information content (AvgIpc) is 2.64. The van der Waals surface area contributed by atoms with Gasteiger partial charge in [-0.25, -0.2) is 4.98 Å². The highest BCUT2D eigenvalue weighted by Crippen LogP contribution is 2.33. The van der Waals surface area contributed by atoms with Crippen LogP contribution in [0.5, 0.6) is 0 Å². The molecular weight excluding hydrogens is 325 g/mol. The van der Waals surface area contributed by atoms with Gasteiger partial charge in [0.15, 0.2) is 6.23 Å². The Morgan fingerprint density at radius 2 is 2.19 bits per heavy atom. The molecule has 0 bridgehead atoms. The number of anilines is 1. The summed E-state index contributed by atoms with van der Waals surface area (Å²) in [6.07, 6.45) is -3.78. The van der Waals surface area contributed by atoms with Crippen LogP contribution in [0.4, 0.5) is 5.82 Å². The van der Waals surface area contributed by atoms with Crippen molar-refractivity contribution in [1.82, 2.24) is 9.55 Å². The lowest BCUT2D eigenvalue weighted by Gasteiger charge is -2.30. The molecule has 0 aliphatic carbocycles. The summed E-state index contributed by atoms with van der Waals surface area (Å²) in [6.45, 7) is -0.714. The number of nitrogen functional groups attached to an aromatic ring is 1. The Bertz CT molecular complexity index is 620. The van der Waals surface area contributed by atoms with E-state index in [4.69, 9.17) is 22.7 Å². The van der Waals surface area contributed by atoms with E-state index in [0.717, 1.165) is 0 Å². The summed E-state index contributed by atoms with van der Waals surface area (Å²) in [5, 5.41) is 19.7. The van der Waals surface area contributed by atoms with Crippen molar-refractivity contribution in [2.45, 2.75) is 24.5 Å². The summed E-state index contributed by atoms with van der Waals surface area (Å²) in [5.74, 6) is 0.169. The molecule has 2 rings (SSSR count). The highest BCUT2D eigenvalue weighted by molar-refractivity contribution is 7.71. The third-order valence-electron chi connectivity index (χ3n) is 2.86. The van der Waals surface area contributed by atoms with E-state index in [1.165, 1.54) is 16.8 Å². The van der Waals surface area contributed by atoms with Gasteiger partial charge in [-0.05, 0) is 18.3 Å². The lowest BCUT2D eigenvalue weighted by molar-refractivity contribution is -0.343. The number of phosphoric ester groups is 1. The van der Waals surface area contributed by atoms with Gasteiger partial charge in [-0.1, -0.05) is 0 Å². The van der Waals surface area contributed by atoms with Crippen LogP contribution < -0.4 is 15.5 Å². The Hall–Kier alpha value is -0.910. The number of ether oxygens (including phenoxy) is 1. The van der Waals surface area contributed by atoms with Gasteiger partial charge >= 0.3 is 0 Å². The molecule has 2 heterocycles. The molecule has 0 aromatic carbocycles. The Morgan fingerprint density at radius 1 is 1.52 bits per heavy atom. The van der Waals surface area contributed by atoms with Gasteiger partial charge in [0.2, 0.25) is 4.77 Å². The molecule has 0 amide bonds. The molecule has 10 nitrogen and oxygen atoms in total. The molecule has 1 saturated heterocycles. The zero-order chi connectivity index (χ0) is 15.8. The Balaban J connectivity index is 2.16. The number of hydrogen-bond acceptors (Lipinski definition) is 10. The highest BCUT2D eigenvalue weighted by atomic mass is 32.1. The fourth-order valence-electron chi connectivity index (χ4n) is 1.88. The fraction of sp³-hybridized carbons (Fsp3) is 0.556. The molecule has 1 aliphatic rings. The Labute approximate surface area is 124 Å². The van der Waals surface area contributed by atoms with Gasteiger partial charge in [-0.3, -0.25) is 4.57 Å². The van der Waals surface area contributed by atoms with Crippen molar-refractivity contribution in [2.24, 2.45) is 0 Å². The molecule has 12 heteroatoms. The Kier molecular flexibility index (Phi) is 4.76. The molecule has 1 aliphatic heterocycles. The van der Waals surface area contributed by atoms with E-state index in [2.05, 4.69) is 9.51 Å². The minimum Gasteiger partial charge on any atom is -0.790 e. The average molecular weight is 337 g/mol. The zero-order valence-electron chi connectivity index (χ0n) is 10.4. The molecule has 4 N–H and O–H groups in total. The molecule has 0 unspecified atom stereocenters. The SMILES string of the molecule is Nc1ccn([C@@H]2O[C@H](COP(=O)([O-])[O-])[C@@H](O)[C@H]2O)c(=S)n1. The summed E-state index contributed by atoms with van der Waals surface area (Å²) >= 11 is 4.95. The molecule has 0 saturated carbocycles. The first-order valence-electron chi connectivity index (χ1n) is 5.72. The molecule has 4 atom stereocenters. The van der Waals surface area contributed by atoms with Gasteiger partial charge in [0.05, 0.1) is 14.4 Å². The third-order valence-corrected chi connectivity index (χ3v) is 3.63. The number of aliphatic hydroxyl groups is 2. The number of nitrogens with two attached hydrogens (primary N) is 1. The second-order valence-corrected chi connectivity index (χ2v) is 5.85. The van der Waals surface area contributed by atoms with Gasteiger partial charge in [0.25, 0.3) is 0 Å². The van der Waals surface area contributed by atoms with Crippen molar-refractivity contribution in [2.75, 3.05) is 12.3 Å². The minimum absolute atomic E-state index is 0.00568. The predicted molar refractivity (Wildman–Crippen MR) is 67.0 cm³/mol. The van der Waals surface area contributed by atoms with Crippen molar-refractivity contribution in [3.63, 3.8) is 0 Å². The molecule has 1 aromatic heterocycles. The number of hydrogen-bond donors (Lipinski definition) is 3. The minimum atomic E-state index is -5.20. The maximum atomic E-state index is 10.4. The van der Waals surface area contributed by atoms with Crippen molar-refractivity contribution >= 4 is 25.9 Å². The van der Waals surface area contributed by atoms with E-state index in [-0.39, 0.29) is 10.6 Å². The largest absolute Gasteiger partial charge is 0.790 e. The topological polar surface area (TPSA) is 166 Å². The van der Waals surface area contributed by atoms with Gasteiger partial charge in [0.1, 0.15) is 24.1 Å². The second kappa shape index (κ2) is 6.07. The summed E-state index contributed by atoms with van der Waals surface area (Å²) in [5.41, 5.74) is 5.45. The van der Waals surface area contributed by atoms with Crippen LogP contribution in [0.2, 0.25) is 0 Å². The lowest BCUT2D eigenvalue weighted by Crippen LogP contribution is -2.34. The van der Waals surface area contributed by atoms with E-state index in [9.17, 15) is 24.6 Å². The van der Waals surface area contributed by atoms with Crippen molar-refractivity contribution in [3.05, 3.63) is 17.0 Å². The highest BCUT2D eigenvalue weighted by Gasteiger charge is 2.43. The van der Waals surface area contributed by atoms with E-state index in [1.807, 2.05) is 0 Å². The van der Waals surface area contributed by atoms with E-state index in [1.54, 1.807) is 0 Å². The Morgan fingerprint density at radius 3 is 2.76 bits per heavy atom. The molecule has 0 radical (unpaired) electrons. The number of phosphoric acid groups is 1. The van der Waals surface area contributed by atoms with E-state index < -0.39 is 39.0 Å². The quantitative estimate of drug-likeness (QED) is 0.400. The molecule has 21 heavy (non-hydrogen) atoms. The van der Waals surface area contributed by atoms with Crippen LogP contribution in [0.25, 0.3) is 0 Å². The van der Waals surface area contributed by atoms with Crippen LogP contribution in [0, 0.1) is 4.77 Å². The zero-order valence-corrected chi connectivity index (χ0v) is 12.1. The number of aliphatic hydroxyl groups excluding tert-OH is 2. The van der Waals surface area contributed by atoms with E-state index >= 15 is 0 Å². The van der Waals surface area contributed by atoms with Crippen LogP contribution >= 0.6 is 20.0 Å². The van der Waals surface area contributed by atoms with Crippen molar-refractivity contribution < 1.29 is 33.8 Å². The molecule has 1 aromatic rings. The van der Waals surface area contributed by atoms with Gasteiger partial charge in [0, 0.05) is 6.20 Å². The van der Waals surface area contributed by atoms with E-state index in [0.29, 0.717) is 0 Å². The van der Waals surface area contributed by atoms with Crippen LogP contribution in [-0.2, 0) is 13.8 Å².